The van der Waals surface area contributed by atoms with E-state index >= 15 is 0 Å². The fraction of sp³-hybridized carbons (Fsp3) is 0.158. The number of benzene rings is 2. The van der Waals surface area contributed by atoms with Crippen LogP contribution in [0.15, 0.2) is 66.9 Å². The molecule has 1 amide bonds. The zero-order chi connectivity index (χ0) is 15.9. The quantitative estimate of drug-likeness (QED) is 0.762. The van der Waals surface area contributed by atoms with E-state index in [2.05, 4.69) is 10.3 Å². The Hall–Kier alpha value is -2.88. The van der Waals surface area contributed by atoms with E-state index in [4.69, 9.17) is 4.74 Å². The van der Waals surface area contributed by atoms with Crippen molar-refractivity contribution in [3.05, 3.63) is 72.4 Å². The molecule has 0 unspecified atom stereocenters. The summed E-state index contributed by atoms with van der Waals surface area (Å²) in [5.41, 5.74) is 2.12. The van der Waals surface area contributed by atoms with Gasteiger partial charge in [0.25, 0.3) is 5.91 Å². The Kier molecular flexibility index (Phi) is 4.84. The van der Waals surface area contributed by atoms with Crippen LogP contribution in [-0.2, 0) is 11.2 Å². The summed E-state index contributed by atoms with van der Waals surface area (Å²) in [5.74, 6) is 0.572. The van der Waals surface area contributed by atoms with Crippen LogP contribution in [0.5, 0.6) is 5.75 Å². The Balaban J connectivity index is 1.50. The summed E-state index contributed by atoms with van der Waals surface area (Å²) in [6.07, 6.45) is 2.53. The predicted octanol–water partition coefficient (Wildman–Crippen LogP) is 2.97. The van der Waals surface area contributed by atoms with Crippen molar-refractivity contribution in [2.75, 3.05) is 13.2 Å². The van der Waals surface area contributed by atoms with E-state index in [1.54, 1.807) is 6.20 Å². The van der Waals surface area contributed by atoms with Gasteiger partial charge in [-0.3, -0.25) is 9.78 Å². The number of rotatable bonds is 6. The summed E-state index contributed by atoms with van der Waals surface area (Å²) in [6, 6.07) is 19.4. The molecule has 3 rings (SSSR count). The fourth-order valence-corrected chi connectivity index (χ4v) is 2.42. The van der Waals surface area contributed by atoms with Gasteiger partial charge >= 0.3 is 0 Å². The third-order valence-electron chi connectivity index (χ3n) is 3.55. The van der Waals surface area contributed by atoms with E-state index in [9.17, 15) is 4.79 Å². The highest BCUT2D eigenvalue weighted by molar-refractivity contribution is 5.81. The first-order valence-corrected chi connectivity index (χ1v) is 7.60. The maximum absolute atomic E-state index is 11.8. The van der Waals surface area contributed by atoms with Gasteiger partial charge in [0, 0.05) is 18.1 Å². The second-order valence-electron chi connectivity index (χ2n) is 5.19. The zero-order valence-electron chi connectivity index (χ0n) is 12.7. The summed E-state index contributed by atoms with van der Waals surface area (Å²) in [6.45, 7) is 0.588. The number of hydrogen-bond acceptors (Lipinski definition) is 3. The fourth-order valence-electron chi connectivity index (χ4n) is 2.42. The first-order valence-electron chi connectivity index (χ1n) is 7.60. The molecule has 4 heteroatoms. The minimum atomic E-state index is -0.123. The Morgan fingerprint density at radius 2 is 1.83 bits per heavy atom. The van der Waals surface area contributed by atoms with Crippen LogP contribution in [0.3, 0.4) is 0 Å². The summed E-state index contributed by atoms with van der Waals surface area (Å²) >= 11 is 0. The normalized spacial score (nSPS) is 10.4. The van der Waals surface area contributed by atoms with Crippen molar-refractivity contribution in [2.24, 2.45) is 0 Å². The van der Waals surface area contributed by atoms with Crippen molar-refractivity contribution in [3.63, 3.8) is 0 Å². The van der Waals surface area contributed by atoms with E-state index < -0.39 is 0 Å². The van der Waals surface area contributed by atoms with E-state index in [1.807, 2.05) is 60.7 Å². The number of nitrogens with zero attached hydrogens (tertiary/aromatic N) is 1. The van der Waals surface area contributed by atoms with Gasteiger partial charge in [-0.25, -0.2) is 0 Å². The van der Waals surface area contributed by atoms with Gasteiger partial charge in [0.15, 0.2) is 6.61 Å². The molecule has 0 atom stereocenters. The SMILES string of the molecule is O=C(COc1ccccc1)NCCc1cccc2cccnc12. The topological polar surface area (TPSA) is 51.2 Å². The number of hydrogen-bond donors (Lipinski definition) is 1. The first-order chi connectivity index (χ1) is 11.3. The molecule has 116 valence electrons. The molecule has 0 bridgehead atoms. The van der Waals surface area contributed by atoms with Gasteiger partial charge in [-0.15, -0.1) is 0 Å². The summed E-state index contributed by atoms with van der Waals surface area (Å²) in [7, 11) is 0. The van der Waals surface area contributed by atoms with Gasteiger partial charge < -0.3 is 10.1 Å². The summed E-state index contributed by atoms with van der Waals surface area (Å²) < 4.78 is 5.42. The van der Waals surface area contributed by atoms with Crippen LogP contribution in [0.4, 0.5) is 0 Å². The van der Waals surface area contributed by atoms with Crippen LogP contribution < -0.4 is 10.1 Å². The van der Waals surface area contributed by atoms with Gasteiger partial charge in [0.05, 0.1) is 5.52 Å². The lowest BCUT2D eigenvalue weighted by atomic mass is 10.1. The third-order valence-corrected chi connectivity index (χ3v) is 3.55. The molecule has 0 saturated heterocycles. The molecule has 0 aliphatic carbocycles. The molecule has 3 aromatic rings. The van der Waals surface area contributed by atoms with Gasteiger partial charge in [0.2, 0.25) is 0 Å². The van der Waals surface area contributed by atoms with Crippen molar-refractivity contribution in [1.29, 1.82) is 0 Å². The Morgan fingerprint density at radius 1 is 1.00 bits per heavy atom. The average Bonchev–Trinajstić information content (AvgIpc) is 2.61. The second kappa shape index (κ2) is 7.40. The van der Waals surface area contributed by atoms with E-state index in [-0.39, 0.29) is 12.5 Å². The highest BCUT2D eigenvalue weighted by Gasteiger charge is 2.04. The van der Waals surface area contributed by atoms with Crippen LogP contribution in [-0.4, -0.2) is 24.0 Å². The van der Waals surface area contributed by atoms with E-state index in [0.29, 0.717) is 12.3 Å². The smallest absolute Gasteiger partial charge is 0.257 e. The molecule has 0 fully saturated rings. The van der Waals surface area contributed by atoms with Gasteiger partial charge in [-0.1, -0.05) is 42.5 Å². The molecule has 4 nitrogen and oxygen atoms in total. The molecule has 1 aromatic heterocycles. The molecular weight excluding hydrogens is 288 g/mol. The Bertz CT molecular complexity index is 782. The van der Waals surface area contributed by atoms with Gasteiger partial charge in [-0.2, -0.15) is 0 Å². The van der Waals surface area contributed by atoms with Crippen LogP contribution in [0, 0.1) is 0 Å². The first kappa shape index (κ1) is 15.0. The van der Waals surface area contributed by atoms with Crippen molar-refractivity contribution < 1.29 is 9.53 Å². The van der Waals surface area contributed by atoms with Crippen molar-refractivity contribution in [1.82, 2.24) is 10.3 Å². The monoisotopic (exact) mass is 306 g/mol. The lowest BCUT2D eigenvalue weighted by Crippen LogP contribution is -2.30. The van der Waals surface area contributed by atoms with Gasteiger partial charge in [-0.05, 0) is 30.2 Å². The zero-order valence-corrected chi connectivity index (χ0v) is 12.7. The predicted molar refractivity (Wildman–Crippen MR) is 90.4 cm³/mol. The largest absolute Gasteiger partial charge is 0.484 e. The number of carbonyl (C=O) groups is 1. The molecule has 23 heavy (non-hydrogen) atoms. The standard InChI is InChI=1S/C19H18N2O2/c22-18(14-23-17-9-2-1-3-10-17)20-13-11-16-7-4-6-15-8-5-12-21-19(15)16/h1-10,12H,11,13-14H2,(H,20,22). The van der Waals surface area contributed by atoms with E-state index in [0.717, 1.165) is 22.9 Å². The lowest BCUT2D eigenvalue weighted by Gasteiger charge is -2.08. The average molecular weight is 306 g/mol. The van der Waals surface area contributed by atoms with Crippen LogP contribution in [0.2, 0.25) is 0 Å². The Labute approximate surface area is 135 Å². The minimum absolute atomic E-state index is 0.0256. The lowest BCUT2D eigenvalue weighted by molar-refractivity contribution is -0.123. The minimum Gasteiger partial charge on any atom is -0.484 e. The third kappa shape index (κ3) is 4.07. The number of amides is 1. The maximum Gasteiger partial charge on any atom is 0.257 e. The number of pyridine rings is 1. The second-order valence-corrected chi connectivity index (χ2v) is 5.19. The van der Waals surface area contributed by atoms with Crippen LogP contribution in [0.1, 0.15) is 5.56 Å². The number of para-hydroxylation sites is 2. The van der Waals surface area contributed by atoms with E-state index in [1.165, 1.54) is 0 Å². The van der Waals surface area contributed by atoms with Crippen LogP contribution in [0.25, 0.3) is 10.9 Å². The Morgan fingerprint density at radius 3 is 2.70 bits per heavy atom. The van der Waals surface area contributed by atoms with Crippen LogP contribution >= 0.6 is 0 Å². The summed E-state index contributed by atoms with van der Waals surface area (Å²) in [5, 5.41) is 3.99. The molecule has 2 aromatic carbocycles. The number of ether oxygens (including phenoxy) is 1. The molecule has 0 radical (unpaired) electrons. The molecule has 0 saturated carbocycles. The number of nitrogens with one attached hydrogen (secondary N) is 1. The van der Waals surface area contributed by atoms with Crippen molar-refractivity contribution >= 4 is 16.8 Å². The highest BCUT2D eigenvalue weighted by atomic mass is 16.5. The molecule has 1 heterocycles. The molecule has 0 spiro atoms. The number of carbonyl (C=O) groups excluding carboxylic acids is 1. The van der Waals surface area contributed by atoms with Crippen molar-refractivity contribution in [2.45, 2.75) is 6.42 Å². The number of aromatic nitrogens is 1. The summed E-state index contributed by atoms with van der Waals surface area (Å²) in [4.78, 5) is 16.2. The highest BCUT2D eigenvalue weighted by Crippen LogP contribution is 2.16. The molecule has 0 aliphatic rings. The number of fused-ring (bicyclic) bond motifs is 1. The molecule has 0 aliphatic heterocycles. The maximum atomic E-state index is 11.8. The molecular formula is C19H18N2O2. The molecule has 1 N–H and O–H groups in total. The van der Waals surface area contributed by atoms with Crippen molar-refractivity contribution in [3.8, 4) is 5.75 Å². The van der Waals surface area contributed by atoms with Gasteiger partial charge in [0.1, 0.15) is 5.75 Å².